The van der Waals surface area contributed by atoms with E-state index >= 15 is 0 Å². The first-order chi connectivity index (χ1) is 9.06. The fourth-order valence-electron chi connectivity index (χ4n) is 1.84. The lowest BCUT2D eigenvalue weighted by Crippen LogP contribution is -2.30. The Labute approximate surface area is 121 Å². The van der Waals surface area contributed by atoms with Gasteiger partial charge in [0, 0.05) is 24.2 Å². The first-order valence-corrected chi connectivity index (χ1v) is 7.33. The minimum atomic E-state index is -0.617. The number of rotatable bonds is 3. The highest BCUT2D eigenvalue weighted by Gasteiger charge is 2.23. The number of carbonyl (C=O) groups excluding carboxylic acids is 1. The van der Waals surface area contributed by atoms with E-state index < -0.39 is 6.10 Å². The third-order valence-electron chi connectivity index (χ3n) is 2.76. The van der Waals surface area contributed by atoms with Gasteiger partial charge in [0.05, 0.1) is 12.6 Å². The molecular weight excluding hydrogens is 284 g/mol. The molecule has 1 unspecified atom stereocenters. The van der Waals surface area contributed by atoms with E-state index in [1.165, 1.54) is 6.92 Å². The zero-order chi connectivity index (χ0) is 13.8. The van der Waals surface area contributed by atoms with Gasteiger partial charge in [-0.05, 0) is 17.7 Å². The summed E-state index contributed by atoms with van der Waals surface area (Å²) >= 11 is 7.36. The van der Waals surface area contributed by atoms with Crippen molar-refractivity contribution in [2.45, 2.75) is 13.0 Å². The van der Waals surface area contributed by atoms with Crippen LogP contribution in [0, 0.1) is 0 Å². The molecule has 0 bridgehead atoms. The maximum atomic E-state index is 11.0. The minimum absolute atomic E-state index is 0.213. The van der Waals surface area contributed by atoms with Crippen molar-refractivity contribution >= 4 is 34.4 Å². The van der Waals surface area contributed by atoms with E-state index in [1.54, 1.807) is 36.0 Å². The quantitative estimate of drug-likeness (QED) is 0.930. The second-order valence-corrected chi connectivity index (χ2v) is 5.77. The second-order valence-electron chi connectivity index (χ2n) is 4.28. The van der Waals surface area contributed by atoms with Crippen molar-refractivity contribution < 1.29 is 9.90 Å². The Morgan fingerprint density at radius 2 is 2.21 bits per heavy atom. The number of amides is 1. The monoisotopic (exact) mass is 298 g/mol. The number of aliphatic hydroxyl groups excluding tert-OH is 1. The molecule has 0 radical (unpaired) electrons. The maximum absolute atomic E-state index is 11.0. The number of hydrogen-bond donors (Lipinski definition) is 1. The van der Waals surface area contributed by atoms with E-state index in [4.69, 9.17) is 11.6 Å². The molecule has 1 aliphatic rings. The van der Waals surface area contributed by atoms with Crippen LogP contribution in [0.25, 0.3) is 0 Å². The predicted octanol–water partition coefficient (Wildman–Crippen LogP) is 2.32. The molecule has 6 heteroatoms. The van der Waals surface area contributed by atoms with Gasteiger partial charge in [-0.3, -0.25) is 4.79 Å². The molecule has 0 spiro atoms. The highest BCUT2D eigenvalue weighted by atomic mass is 35.5. The topological polar surface area (TPSA) is 52.9 Å². The molecule has 1 saturated heterocycles. The lowest BCUT2D eigenvalue weighted by molar-refractivity contribution is -0.115. The second kappa shape index (κ2) is 6.41. The summed E-state index contributed by atoms with van der Waals surface area (Å²) in [6.45, 7) is 2.65. The van der Waals surface area contributed by atoms with Crippen molar-refractivity contribution in [3.05, 3.63) is 34.9 Å². The summed E-state index contributed by atoms with van der Waals surface area (Å²) in [5, 5.41) is 11.5. The first kappa shape index (κ1) is 14.4. The molecule has 2 rings (SSSR count). The molecule has 1 N–H and O–H groups in total. The van der Waals surface area contributed by atoms with Crippen LogP contribution >= 0.6 is 23.4 Å². The van der Waals surface area contributed by atoms with Crippen LogP contribution in [0.1, 0.15) is 18.6 Å². The number of aliphatic hydroxyl groups is 1. The van der Waals surface area contributed by atoms with E-state index in [1.807, 2.05) is 4.90 Å². The number of hydrogen-bond acceptors (Lipinski definition) is 3. The molecule has 1 aromatic rings. The van der Waals surface area contributed by atoms with Crippen LogP contribution in [0.5, 0.6) is 0 Å². The molecule has 1 heterocycles. The lowest BCUT2D eigenvalue weighted by Gasteiger charge is -2.21. The van der Waals surface area contributed by atoms with Crippen LogP contribution in [0.2, 0.25) is 5.02 Å². The van der Waals surface area contributed by atoms with E-state index in [2.05, 4.69) is 4.99 Å². The summed E-state index contributed by atoms with van der Waals surface area (Å²) in [6, 6.07) is 7.11. The van der Waals surface area contributed by atoms with E-state index in [0.717, 1.165) is 17.9 Å². The number of amidine groups is 1. The Morgan fingerprint density at radius 1 is 1.53 bits per heavy atom. The van der Waals surface area contributed by atoms with Gasteiger partial charge in [0.15, 0.2) is 5.17 Å². The van der Waals surface area contributed by atoms with E-state index in [0.29, 0.717) is 16.7 Å². The average Bonchev–Trinajstić information content (AvgIpc) is 2.76. The Bertz CT molecular complexity index is 490. The highest BCUT2D eigenvalue weighted by Crippen LogP contribution is 2.23. The van der Waals surface area contributed by atoms with E-state index in [9.17, 15) is 9.90 Å². The normalized spacial score (nSPS) is 18.9. The number of thioether (sulfide) groups is 1. The van der Waals surface area contributed by atoms with Gasteiger partial charge in [0.2, 0.25) is 5.91 Å². The SMILES string of the molecule is CC(=O)N=C1SCCN1CC(O)c1ccc(Cl)cc1. The van der Waals surface area contributed by atoms with Gasteiger partial charge < -0.3 is 10.0 Å². The zero-order valence-corrected chi connectivity index (χ0v) is 12.1. The van der Waals surface area contributed by atoms with Gasteiger partial charge in [-0.1, -0.05) is 35.5 Å². The smallest absolute Gasteiger partial charge is 0.244 e. The van der Waals surface area contributed by atoms with Crippen molar-refractivity contribution in [2.75, 3.05) is 18.8 Å². The van der Waals surface area contributed by atoms with Crippen molar-refractivity contribution in [1.29, 1.82) is 0 Å². The van der Waals surface area contributed by atoms with E-state index in [-0.39, 0.29) is 5.91 Å². The average molecular weight is 299 g/mol. The molecule has 19 heavy (non-hydrogen) atoms. The number of halogens is 1. The maximum Gasteiger partial charge on any atom is 0.244 e. The highest BCUT2D eigenvalue weighted by molar-refractivity contribution is 8.14. The third kappa shape index (κ3) is 3.96. The number of aliphatic imine (C=N–C) groups is 1. The number of nitrogens with zero attached hydrogens (tertiary/aromatic N) is 2. The fourth-order valence-corrected chi connectivity index (χ4v) is 3.00. The summed E-state index contributed by atoms with van der Waals surface area (Å²) in [5.41, 5.74) is 0.809. The van der Waals surface area contributed by atoms with Gasteiger partial charge in [0.1, 0.15) is 0 Å². The Morgan fingerprint density at radius 3 is 2.84 bits per heavy atom. The molecule has 1 aromatic carbocycles. The summed E-state index contributed by atoms with van der Waals surface area (Å²) in [4.78, 5) is 16.9. The van der Waals surface area contributed by atoms with Crippen LogP contribution < -0.4 is 0 Å². The van der Waals surface area contributed by atoms with Crippen molar-refractivity contribution in [3.8, 4) is 0 Å². The summed E-state index contributed by atoms with van der Waals surface area (Å²) in [6.07, 6.45) is -0.617. The van der Waals surface area contributed by atoms with Crippen molar-refractivity contribution in [3.63, 3.8) is 0 Å². The summed E-state index contributed by atoms with van der Waals surface area (Å²) in [7, 11) is 0. The van der Waals surface area contributed by atoms with Gasteiger partial charge in [0.25, 0.3) is 0 Å². The largest absolute Gasteiger partial charge is 0.387 e. The van der Waals surface area contributed by atoms with Crippen LogP contribution in [0.15, 0.2) is 29.3 Å². The zero-order valence-electron chi connectivity index (χ0n) is 10.5. The standard InChI is InChI=1S/C13H15ClN2O2S/c1-9(17)15-13-16(6-7-19-13)8-12(18)10-2-4-11(14)5-3-10/h2-5,12,18H,6-8H2,1H3. The van der Waals surface area contributed by atoms with Gasteiger partial charge in [-0.15, -0.1) is 0 Å². The number of carbonyl (C=O) groups is 1. The molecular formula is C13H15ClN2O2S. The molecule has 1 atom stereocenters. The van der Waals surface area contributed by atoms with Crippen molar-refractivity contribution in [2.24, 2.45) is 4.99 Å². The molecule has 102 valence electrons. The molecule has 1 fully saturated rings. The Hall–Kier alpha value is -1.04. The molecule has 0 aromatic heterocycles. The first-order valence-electron chi connectivity index (χ1n) is 5.97. The number of benzene rings is 1. The summed E-state index contributed by atoms with van der Waals surface area (Å²) < 4.78 is 0. The van der Waals surface area contributed by atoms with Crippen molar-refractivity contribution in [1.82, 2.24) is 4.90 Å². The van der Waals surface area contributed by atoms with Crippen LogP contribution in [-0.4, -0.2) is 39.9 Å². The molecule has 0 saturated carbocycles. The van der Waals surface area contributed by atoms with Gasteiger partial charge in [-0.25, -0.2) is 0 Å². The third-order valence-corrected chi connectivity index (χ3v) is 4.01. The molecule has 1 amide bonds. The van der Waals surface area contributed by atoms with Gasteiger partial charge in [-0.2, -0.15) is 4.99 Å². The Kier molecular flexibility index (Phi) is 4.85. The predicted molar refractivity (Wildman–Crippen MR) is 78.6 cm³/mol. The van der Waals surface area contributed by atoms with Crippen LogP contribution in [-0.2, 0) is 4.79 Å². The van der Waals surface area contributed by atoms with Gasteiger partial charge >= 0.3 is 0 Å². The molecule has 4 nitrogen and oxygen atoms in total. The molecule has 0 aliphatic carbocycles. The van der Waals surface area contributed by atoms with Crippen LogP contribution in [0.3, 0.4) is 0 Å². The minimum Gasteiger partial charge on any atom is -0.387 e. The Balaban J connectivity index is 2.04. The lowest BCUT2D eigenvalue weighted by atomic mass is 10.1. The fraction of sp³-hybridized carbons (Fsp3) is 0.385. The van der Waals surface area contributed by atoms with Crippen LogP contribution in [0.4, 0.5) is 0 Å². The number of β-amino-alcohol motifs (C(OH)–C–C–N with tert-alkyl or cyclic N) is 1. The summed E-state index contributed by atoms with van der Waals surface area (Å²) in [5.74, 6) is 0.676. The molecule has 1 aliphatic heterocycles.